The fourth-order valence-corrected chi connectivity index (χ4v) is 8.16. The van der Waals surface area contributed by atoms with Crippen LogP contribution in [0.4, 0.5) is 13.2 Å². The van der Waals surface area contributed by atoms with Gasteiger partial charge in [-0.15, -0.1) is 0 Å². The highest BCUT2D eigenvalue weighted by Gasteiger charge is 2.35. The van der Waals surface area contributed by atoms with Crippen LogP contribution < -0.4 is 0 Å². The Balaban J connectivity index is 1.35. The molecule has 272 valence electrons. The van der Waals surface area contributed by atoms with E-state index in [1.807, 2.05) is 72.8 Å². The minimum atomic E-state index is -4.66. The van der Waals surface area contributed by atoms with Gasteiger partial charge < -0.3 is 9.13 Å². The quantitative estimate of drug-likeness (QED) is 0.175. The van der Waals surface area contributed by atoms with Crippen LogP contribution in [-0.2, 0) is 6.18 Å². The molecule has 0 atom stereocenters. The lowest BCUT2D eigenvalue weighted by Crippen LogP contribution is -2.10. The smallest absolute Gasteiger partial charge is 0.307 e. The number of nitrogens with zero attached hydrogens (tertiary/aromatic N) is 7. The van der Waals surface area contributed by atoms with Gasteiger partial charge in [-0.25, -0.2) is 9.97 Å². The summed E-state index contributed by atoms with van der Waals surface area (Å²) in [6.07, 6.45) is 3.73. The van der Waals surface area contributed by atoms with E-state index in [4.69, 9.17) is 0 Å². The third kappa shape index (κ3) is 5.43. The Morgan fingerprint density at radius 1 is 0.579 bits per heavy atom. The van der Waals surface area contributed by atoms with Gasteiger partial charge >= 0.3 is 6.18 Å². The van der Waals surface area contributed by atoms with Crippen LogP contribution in [0.3, 0.4) is 0 Å². The molecule has 57 heavy (non-hydrogen) atoms. The molecule has 0 aliphatic rings. The molecule has 0 saturated heterocycles. The number of nitriles is 1. The molecule has 0 fully saturated rings. The van der Waals surface area contributed by atoms with E-state index in [2.05, 4.69) is 47.3 Å². The van der Waals surface area contributed by atoms with Gasteiger partial charge in [0.15, 0.2) is 5.82 Å². The van der Waals surface area contributed by atoms with Crippen molar-refractivity contribution in [2.75, 3.05) is 0 Å². The molecule has 7 nitrogen and oxygen atoms in total. The van der Waals surface area contributed by atoms with Crippen molar-refractivity contribution >= 4 is 43.6 Å². The Morgan fingerprint density at radius 2 is 1.19 bits per heavy atom. The van der Waals surface area contributed by atoms with Crippen LogP contribution in [0.1, 0.15) is 16.7 Å². The Bertz CT molecular complexity index is 3250. The summed E-state index contributed by atoms with van der Waals surface area (Å²) in [5.74, 6) is 0.581. The lowest BCUT2D eigenvalue weighted by Gasteiger charge is -2.22. The number of hydrogen-bond donors (Lipinski definition) is 0. The van der Waals surface area contributed by atoms with Gasteiger partial charge in [-0.05, 0) is 84.8 Å². The van der Waals surface area contributed by atoms with Gasteiger partial charge in [0.1, 0.15) is 0 Å². The number of aromatic nitrogens is 6. The summed E-state index contributed by atoms with van der Waals surface area (Å²) in [7, 11) is 0. The molecule has 0 aliphatic heterocycles. The van der Waals surface area contributed by atoms with Crippen LogP contribution in [-0.4, -0.2) is 29.1 Å². The van der Waals surface area contributed by atoms with E-state index in [9.17, 15) is 18.4 Å². The number of fused-ring (bicyclic) bond motifs is 6. The highest BCUT2D eigenvalue weighted by atomic mass is 19.4. The van der Waals surface area contributed by atoms with Crippen molar-refractivity contribution in [2.24, 2.45) is 0 Å². The average molecular weight is 748 g/mol. The Labute approximate surface area is 323 Å². The van der Waals surface area contributed by atoms with Gasteiger partial charge in [-0.1, -0.05) is 54.6 Å². The summed E-state index contributed by atoms with van der Waals surface area (Å²) in [5.41, 5.74) is 6.85. The fraction of sp³-hybridized carbons (Fsp3) is 0.0426. The second-order valence-corrected chi connectivity index (χ2v) is 13.8. The molecular weight excluding hydrogens is 720 g/mol. The van der Waals surface area contributed by atoms with Crippen molar-refractivity contribution in [1.29, 1.82) is 5.26 Å². The molecule has 0 spiro atoms. The second-order valence-electron chi connectivity index (χ2n) is 13.8. The van der Waals surface area contributed by atoms with Crippen molar-refractivity contribution in [3.63, 3.8) is 0 Å². The highest BCUT2D eigenvalue weighted by molar-refractivity contribution is 6.13. The zero-order valence-corrected chi connectivity index (χ0v) is 30.2. The average Bonchev–Trinajstić information content (AvgIpc) is 3.75. The maximum Gasteiger partial charge on any atom is 0.417 e. The van der Waals surface area contributed by atoms with E-state index in [0.29, 0.717) is 28.5 Å². The molecule has 4 aromatic heterocycles. The minimum absolute atomic E-state index is 0.0326. The molecule has 0 saturated carbocycles. The number of hydrogen-bond acceptors (Lipinski definition) is 5. The van der Waals surface area contributed by atoms with Gasteiger partial charge in [0.05, 0.1) is 62.5 Å². The normalized spacial score (nSPS) is 11.8. The highest BCUT2D eigenvalue weighted by Crippen LogP contribution is 2.45. The molecule has 0 amide bonds. The number of halogens is 3. The summed E-state index contributed by atoms with van der Waals surface area (Å²) in [4.78, 5) is 17.8. The SMILES string of the molecule is Cc1cccc(C(F)(F)F)c1-c1cc(-n2c3ccccc3c3cc(-c4cnccn4)ccc32)c(-n2c3ccccc3c3cc(-c4ncccn4)ccc32)cc1C#N. The number of alkyl halides is 3. The number of rotatable bonds is 5. The van der Waals surface area contributed by atoms with Crippen LogP contribution in [0.15, 0.2) is 152 Å². The second kappa shape index (κ2) is 13.0. The van der Waals surface area contributed by atoms with Crippen LogP contribution >= 0.6 is 0 Å². The molecule has 4 heterocycles. The molecule has 10 heteroatoms. The van der Waals surface area contributed by atoms with E-state index in [1.165, 1.54) is 6.07 Å². The van der Waals surface area contributed by atoms with Gasteiger partial charge in [0, 0.05) is 63.0 Å². The predicted molar refractivity (Wildman–Crippen MR) is 217 cm³/mol. The topological polar surface area (TPSA) is 85.2 Å². The Hall–Kier alpha value is -7.64. The maximum absolute atomic E-state index is 14.8. The van der Waals surface area contributed by atoms with Crippen molar-refractivity contribution in [2.45, 2.75) is 13.1 Å². The first-order chi connectivity index (χ1) is 27.8. The number of para-hydroxylation sites is 2. The van der Waals surface area contributed by atoms with Crippen molar-refractivity contribution < 1.29 is 13.2 Å². The summed E-state index contributed by atoms with van der Waals surface area (Å²) >= 11 is 0. The minimum Gasteiger partial charge on any atom is -0.307 e. The van der Waals surface area contributed by atoms with Crippen LogP contribution in [0.5, 0.6) is 0 Å². The van der Waals surface area contributed by atoms with Crippen LogP contribution in [0, 0.1) is 18.3 Å². The number of benzene rings is 6. The van der Waals surface area contributed by atoms with E-state index >= 15 is 0 Å². The fourth-order valence-electron chi connectivity index (χ4n) is 8.16. The number of aryl methyl sites for hydroxylation is 1. The van der Waals surface area contributed by atoms with Gasteiger partial charge in [-0.2, -0.15) is 18.4 Å². The third-order valence-electron chi connectivity index (χ3n) is 10.6. The first kappa shape index (κ1) is 33.9. The van der Waals surface area contributed by atoms with Crippen LogP contribution in [0.2, 0.25) is 0 Å². The summed E-state index contributed by atoms with van der Waals surface area (Å²) in [6, 6.07) is 39.7. The molecule has 0 aliphatic carbocycles. The van der Waals surface area contributed by atoms with E-state index in [1.54, 1.807) is 62.2 Å². The molecule has 6 aromatic carbocycles. The molecule has 10 rings (SSSR count). The van der Waals surface area contributed by atoms with Gasteiger partial charge in [-0.3, -0.25) is 9.97 Å². The predicted octanol–water partition coefficient (Wildman–Crippen LogP) is 11.7. The first-order valence-electron chi connectivity index (χ1n) is 18.2. The third-order valence-corrected chi connectivity index (χ3v) is 10.6. The summed E-state index contributed by atoms with van der Waals surface area (Å²) in [6.45, 7) is 1.65. The van der Waals surface area contributed by atoms with Crippen molar-refractivity contribution in [3.05, 3.63) is 169 Å². The zero-order valence-electron chi connectivity index (χ0n) is 30.2. The van der Waals surface area contributed by atoms with E-state index in [-0.39, 0.29) is 16.7 Å². The lowest BCUT2D eigenvalue weighted by molar-refractivity contribution is -0.137. The van der Waals surface area contributed by atoms with E-state index in [0.717, 1.165) is 60.8 Å². The van der Waals surface area contributed by atoms with Gasteiger partial charge in [0.2, 0.25) is 0 Å². The molecule has 10 aromatic rings. The molecule has 0 N–H and O–H groups in total. The van der Waals surface area contributed by atoms with E-state index < -0.39 is 11.7 Å². The standard InChI is InChI=1S/C47H28F3N7/c1-28-8-6-11-37(47(48,49)50)45(28)34-25-44(57-40-13-5-2-9-32(40)35-22-29(14-16-41(35)57)38-27-52-20-21-53-38)43(24-31(34)26-51)56-39-12-4-3-10-33(39)36-23-30(15-17-42(36)56)46-54-18-7-19-55-46/h2-25,27H,1H3. The summed E-state index contributed by atoms with van der Waals surface area (Å²) in [5, 5.41) is 14.6. The molecule has 0 unspecified atom stereocenters. The first-order valence-corrected chi connectivity index (χ1v) is 18.2. The largest absolute Gasteiger partial charge is 0.417 e. The van der Waals surface area contributed by atoms with Crippen molar-refractivity contribution in [3.8, 4) is 51.2 Å². The maximum atomic E-state index is 14.8. The monoisotopic (exact) mass is 747 g/mol. The molecule has 0 bridgehead atoms. The van der Waals surface area contributed by atoms with Crippen molar-refractivity contribution in [1.82, 2.24) is 29.1 Å². The Kier molecular flexibility index (Phi) is 7.73. The zero-order chi connectivity index (χ0) is 38.8. The lowest BCUT2D eigenvalue weighted by atomic mass is 9.90. The van der Waals surface area contributed by atoms with Gasteiger partial charge in [0.25, 0.3) is 0 Å². The Morgan fingerprint density at radius 3 is 1.82 bits per heavy atom. The molecule has 0 radical (unpaired) electrons. The molecular formula is C47H28F3N7. The van der Waals surface area contributed by atoms with Crippen LogP contribution in [0.25, 0.3) is 88.8 Å². The summed E-state index contributed by atoms with van der Waals surface area (Å²) < 4.78 is 48.6.